The summed E-state index contributed by atoms with van der Waals surface area (Å²) in [6.45, 7) is 2.18. The lowest BCUT2D eigenvalue weighted by atomic mass is 10.1. The number of hydrogen-bond acceptors (Lipinski definition) is 2. The van der Waals surface area contributed by atoms with Gasteiger partial charge < -0.3 is 9.53 Å². The average Bonchev–Trinajstić information content (AvgIpc) is 2.76. The molecule has 2 heteroatoms. The third-order valence-corrected chi connectivity index (χ3v) is 2.10. The van der Waals surface area contributed by atoms with Crippen LogP contribution in [-0.4, -0.2) is 18.5 Å². The maximum absolute atomic E-state index is 10.0. The molecule has 0 spiro atoms. The summed E-state index contributed by atoms with van der Waals surface area (Å²) in [7, 11) is 0. The summed E-state index contributed by atoms with van der Waals surface area (Å²) in [6, 6.07) is 0. The molecular weight excluding hydrogens is 140 g/mol. The number of aldehydes is 1. The first-order valence-electron chi connectivity index (χ1n) is 4.47. The van der Waals surface area contributed by atoms with Gasteiger partial charge in [0.2, 0.25) is 0 Å². The molecule has 1 aliphatic heterocycles. The monoisotopic (exact) mass is 156 g/mol. The van der Waals surface area contributed by atoms with E-state index in [4.69, 9.17) is 4.74 Å². The molecule has 0 aromatic carbocycles. The fourth-order valence-corrected chi connectivity index (χ4v) is 1.32. The molecule has 2 nitrogen and oxygen atoms in total. The molecule has 0 aromatic heterocycles. The second kappa shape index (κ2) is 4.50. The zero-order valence-electron chi connectivity index (χ0n) is 7.08. The first-order valence-corrected chi connectivity index (χ1v) is 4.47. The van der Waals surface area contributed by atoms with E-state index in [1.165, 1.54) is 19.3 Å². The smallest absolute Gasteiger partial charge is 0.120 e. The number of carbonyl (C=O) groups excluding carboxylic acids is 1. The molecule has 0 aliphatic carbocycles. The molecule has 0 bridgehead atoms. The van der Waals surface area contributed by atoms with Gasteiger partial charge in [0.25, 0.3) is 0 Å². The molecular formula is C9H16O2. The molecule has 1 saturated heterocycles. The van der Waals surface area contributed by atoms with E-state index in [-0.39, 0.29) is 0 Å². The van der Waals surface area contributed by atoms with Gasteiger partial charge in [0.15, 0.2) is 0 Å². The highest BCUT2D eigenvalue weighted by Gasteiger charge is 2.36. The van der Waals surface area contributed by atoms with E-state index in [1.807, 2.05) is 0 Å². The molecule has 2 atom stereocenters. The van der Waals surface area contributed by atoms with Crippen molar-refractivity contribution in [2.45, 2.75) is 51.2 Å². The Morgan fingerprint density at radius 1 is 1.36 bits per heavy atom. The van der Waals surface area contributed by atoms with Crippen molar-refractivity contribution in [1.82, 2.24) is 0 Å². The van der Waals surface area contributed by atoms with Crippen LogP contribution in [0, 0.1) is 0 Å². The van der Waals surface area contributed by atoms with Crippen molar-refractivity contribution in [3.63, 3.8) is 0 Å². The van der Waals surface area contributed by atoms with E-state index < -0.39 is 0 Å². The van der Waals surface area contributed by atoms with Crippen LogP contribution < -0.4 is 0 Å². The number of carbonyl (C=O) groups is 1. The molecule has 0 N–H and O–H groups in total. The van der Waals surface area contributed by atoms with Gasteiger partial charge >= 0.3 is 0 Å². The molecule has 1 heterocycles. The standard InChI is InChI=1S/C9H16O2/c1-2-3-5-8-9(11-8)6-4-7-10/h7-9H,2-6H2,1H3. The maximum atomic E-state index is 10.0. The van der Waals surface area contributed by atoms with Crippen molar-refractivity contribution in [1.29, 1.82) is 0 Å². The molecule has 1 rings (SSSR count). The van der Waals surface area contributed by atoms with Crippen molar-refractivity contribution in [2.24, 2.45) is 0 Å². The Morgan fingerprint density at radius 3 is 2.73 bits per heavy atom. The molecule has 1 aliphatic rings. The minimum atomic E-state index is 0.409. The lowest BCUT2D eigenvalue weighted by molar-refractivity contribution is -0.108. The van der Waals surface area contributed by atoms with Gasteiger partial charge in [0.05, 0.1) is 12.2 Å². The van der Waals surface area contributed by atoms with Crippen LogP contribution in [0.25, 0.3) is 0 Å². The summed E-state index contributed by atoms with van der Waals surface area (Å²) in [6.07, 6.45) is 7.12. The van der Waals surface area contributed by atoms with Crippen molar-refractivity contribution < 1.29 is 9.53 Å². The summed E-state index contributed by atoms with van der Waals surface area (Å²) in [5.41, 5.74) is 0. The molecule has 2 unspecified atom stereocenters. The molecule has 64 valence electrons. The van der Waals surface area contributed by atoms with Crippen LogP contribution in [0.1, 0.15) is 39.0 Å². The largest absolute Gasteiger partial charge is 0.370 e. The first kappa shape index (κ1) is 8.72. The molecule has 0 amide bonds. The van der Waals surface area contributed by atoms with E-state index in [9.17, 15) is 4.79 Å². The number of unbranched alkanes of at least 4 members (excludes halogenated alkanes) is 1. The molecule has 0 radical (unpaired) electrons. The zero-order valence-corrected chi connectivity index (χ0v) is 7.08. The Balaban J connectivity index is 1.93. The quantitative estimate of drug-likeness (QED) is 0.434. The lowest BCUT2D eigenvalue weighted by Crippen LogP contribution is -1.94. The summed E-state index contributed by atoms with van der Waals surface area (Å²) in [4.78, 5) is 10.0. The topological polar surface area (TPSA) is 29.6 Å². The second-order valence-corrected chi connectivity index (χ2v) is 3.10. The number of hydrogen-bond donors (Lipinski definition) is 0. The van der Waals surface area contributed by atoms with Crippen molar-refractivity contribution >= 4 is 6.29 Å². The van der Waals surface area contributed by atoms with Crippen molar-refractivity contribution in [3.8, 4) is 0 Å². The third-order valence-electron chi connectivity index (χ3n) is 2.10. The van der Waals surface area contributed by atoms with E-state index in [2.05, 4.69) is 6.92 Å². The van der Waals surface area contributed by atoms with Crippen LogP contribution in [0.4, 0.5) is 0 Å². The minimum Gasteiger partial charge on any atom is -0.370 e. The third kappa shape index (κ3) is 3.02. The van der Waals surface area contributed by atoms with Gasteiger partial charge in [-0.25, -0.2) is 0 Å². The number of rotatable bonds is 6. The van der Waals surface area contributed by atoms with Crippen LogP contribution in [0.15, 0.2) is 0 Å². The first-order chi connectivity index (χ1) is 5.38. The lowest BCUT2D eigenvalue weighted by Gasteiger charge is -1.90. The summed E-state index contributed by atoms with van der Waals surface area (Å²) < 4.78 is 5.36. The molecule has 0 aromatic rings. The van der Waals surface area contributed by atoms with E-state index in [0.717, 1.165) is 12.7 Å². The van der Waals surface area contributed by atoms with Crippen LogP contribution in [0.5, 0.6) is 0 Å². The Bertz CT molecular complexity index is 123. The van der Waals surface area contributed by atoms with Crippen LogP contribution in [0.3, 0.4) is 0 Å². The Labute approximate surface area is 67.9 Å². The highest BCUT2D eigenvalue weighted by molar-refractivity contribution is 5.49. The van der Waals surface area contributed by atoms with Gasteiger partial charge in [-0.1, -0.05) is 19.8 Å². The normalized spacial score (nSPS) is 28.5. The van der Waals surface area contributed by atoms with Crippen LogP contribution >= 0.6 is 0 Å². The van der Waals surface area contributed by atoms with Crippen molar-refractivity contribution in [2.75, 3.05) is 0 Å². The number of ether oxygens (including phenoxy) is 1. The fourth-order valence-electron chi connectivity index (χ4n) is 1.32. The van der Waals surface area contributed by atoms with E-state index in [1.54, 1.807) is 0 Å². The van der Waals surface area contributed by atoms with Crippen LogP contribution in [-0.2, 0) is 9.53 Å². The highest BCUT2D eigenvalue weighted by atomic mass is 16.6. The predicted octanol–water partition coefficient (Wildman–Crippen LogP) is 1.92. The Morgan fingerprint density at radius 2 is 2.09 bits per heavy atom. The Kier molecular flexibility index (Phi) is 3.57. The highest BCUT2D eigenvalue weighted by Crippen LogP contribution is 2.30. The van der Waals surface area contributed by atoms with Gasteiger partial charge in [-0.2, -0.15) is 0 Å². The number of epoxide rings is 1. The Hall–Kier alpha value is -0.370. The van der Waals surface area contributed by atoms with Crippen LogP contribution in [0.2, 0.25) is 0 Å². The second-order valence-electron chi connectivity index (χ2n) is 3.10. The SMILES string of the molecule is CCCCC1OC1CCC=O. The van der Waals surface area contributed by atoms with Gasteiger partial charge in [-0.05, 0) is 12.8 Å². The average molecular weight is 156 g/mol. The molecule has 11 heavy (non-hydrogen) atoms. The molecule has 0 saturated carbocycles. The van der Waals surface area contributed by atoms with Gasteiger partial charge in [0, 0.05) is 6.42 Å². The molecule has 1 fully saturated rings. The maximum Gasteiger partial charge on any atom is 0.120 e. The van der Waals surface area contributed by atoms with Gasteiger partial charge in [-0.3, -0.25) is 0 Å². The van der Waals surface area contributed by atoms with E-state index in [0.29, 0.717) is 18.6 Å². The van der Waals surface area contributed by atoms with Crippen molar-refractivity contribution in [3.05, 3.63) is 0 Å². The van der Waals surface area contributed by atoms with Gasteiger partial charge in [0.1, 0.15) is 6.29 Å². The van der Waals surface area contributed by atoms with E-state index >= 15 is 0 Å². The zero-order chi connectivity index (χ0) is 8.10. The summed E-state index contributed by atoms with van der Waals surface area (Å²) in [5.74, 6) is 0. The minimum absolute atomic E-state index is 0.409. The summed E-state index contributed by atoms with van der Waals surface area (Å²) in [5, 5.41) is 0. The fraction of sp³-hybridized carbons (Fsp3) is 0.889. The predicted molar refractivity (Wildman–Crippen MR) is 43.5 cm³/mol. The van der Waals surface area contributed by atoms with Gasteiger partial charge in [-0.15, -0.1) is 0 Å². The summed E-state index contributed by atoms with van der Waals surface area (Å²) >= 11 is 0.